The van der Waals surface area contributed by atoms with Crippen LogP contribution < -0.4 is 0 Å². The van der Waals surface area contributed by atoms with Crippen molar-refractivity contribution in [1.29, 1.82) is 0 Å². The van der Waals surface area contributed by atoms with Crippen molar-refractivity contribution in [3.05, 3.63) is 71.3 Å². The maximum absolute atomic E-state index is 12.1. The van der Waals surface area contributed by atoms with Crippen molar-refractivity contribution in [2.24, 2.45) is 4.40 Å². The molecule has 2 aromatic rings. The molecule has 0 aliphatic heterocycles. The number of hydrogen-bond donors (Lipinski definition) is 0. The zero-order chi connectivity index (χ0) is 17.4. The van der Waals surface area contributed by atoms with Crippen molar-refractivity contribution in [3.8, 4) is 0 Å². The summed E-state index contributed by atoms with van der Waals surface area (Å²) in [5.74, 6) is 0. The summed E-state index contributed by atoms with van der Waals surface area (Å²) in [7, 11) is -1.24. The van der Waals surface area contributed by atoms with E-state index in [1.807, 2.05) is 57.2 Å². The first-order valence-electron chi connectivity index (χ1n) is 8.12. The second-order valence-corrected chi connectivity index (χ2v) is 8.52. The molecule has 1 atom stereocenters. The molecule has 0 saturated heterocycles. The van der Waals surface area contributed by atoms with Crippen LogP contribution in [0.25, 0.3) is 0 Å². The molecule has 24 heavy (non-hydrogen) atoms. The summed E-state index contributed by atoms with van der Waals surface area (Å²) in [5.41, 5.74) is 3.33. The molecule has 0 aromatic heterocycles. The second-order valence-electron chi connectivity index (χ2n) is 6.58. The van der Waals surface area contributed by atoms with Gasteiger partial charge in [0.15, 0.2) is 0 Å². The molecule has 0 bridgehead atoms. The molecule has 0 heterocycles. The maximum atomic E-state index is 12.1. The van der Waals surface area contributed by atoms with Gasteiger partial charge in [-0.05, 0) is 43.9 Å². The van der Waals surface area contributed by atoms with Gasteiger partial charge in [0.1, 0.15) is 11.0 Å². The van der Waals surface area contributed by atoms with Gasteiger partial charge in [-0.2, -0.15) is 4.40 Å². The fourth-order valence-corrected chi connectivity index (χ4v) is 2.62. The molecule has 0 fully saturated rings. The first kappa shape index (κ1) is 18.6. The lowest BCUT2D eigenvalue weighted by Crippen LogP contribution is -2.19. The second kappa shape index (κ2) is 8.90. The zero-order valence-electron chi connectivity index (χ0n) is 14.6. The smallest absolute Gasteiger partial charge is 0.144 e. The van der Waals surface area contributed by atoms with Crippen LogP contribution in [0.3, 0.4) is 0 Å². The molecule has 2 aromatic carbocycles. The topological polar surface area (TPSA) is 38.7 Å². The van der Waals surface area contributed by atoms with Crippen molar-refractivity contribution in [2.75, 3.05) is 6.61 Å². The Morgan fingerprint density at radius 1 is 1.04 bits per heavy atom. The van der Waals surface area contributed by atoms with Gasteiger partial charge in [-0.1, -0.05) is 54.6 Å². The SMILES string of the molecule is CC(C)(C)[S@](=O)N=Cc1ccccc1CCOCc1ccccc1. The molecular weight excluding hydrogens is 318 g/mol. The average Bonchev–Trinajstić information content (AvgIpc) is 2.57. The number of hydrogen-bond acceptors (Lipinski definition) is 2. The van der Waals surface area contributed by atoms with Crippen molar-refractivity contribution in [1.82, 2.24) is 0 Å². The van der Waals surface area contributed by atoms with Crippen LogP contribution in [0.1, 0.15) is 37.5 Å². The molecule has 0 amide bonds. The van der Waals surface area contributed by atoms with Crippen molar-refractivity contribution < 1.29 is 8.95 Å². The molecule has 0 N–H and O–H groups in total. The zero-order valence-corrected chi connectivity index (χ0v) is 15.4. The third kappa shape index (κ3) is 6.02. The Morgan fingerprint density at radius 3 is 2.42 bits per heavy atom. The average molecular weight is 343 g/mol. The van der Waals surface area contributed by atoms with Crippen LogP contribution in [0.5, 0.6) is 0 Å². The quantitative estimate of drug-likeness (QED) is 0.554. The van der Waals surface area contributed by atoms with Crippen molar-refractivity contribution in [2.45, 2.75) is 38.5 Å². The molecule has 0 radical (unpaired) electrons. The molecule has 0 aliphatic carbocycles. The largest absolute Gasteiger partial charge is 0.376 e. The van der Waals surface area contributed by atoms with E-state index in [9.17, 15) is 4.21 Å². The first-order chi connectivity index (χ1) is 11.5. The summed E-state index contributed by atoms with van der Waals surface area (Å²) in [5, 5.41) is 0. The van der Waals surface area contributed by atoms with E-state index in [0.717, 1.165) is 17.5 Å². The molecule has 3 nitrogen and oxygen atoms in total. The lowest BCUT2D eigenvalue weighted by molar-refractivity contribution is 0.124. The Balaban J connectivity index is 1.91. The fraction of sp³-hybridized carbons (Fsp3) is 0.350. The third-order valence-corrected chi connectivity index (χ3v) is 4.84. The van der Waals surface area contributed by atoms with E-state index in [-0.39, 0.29) is 4.75 Å². The van der Waals surface area contributed by atoms with E-state index < -0.39 is 11.0 Å². The van der Waals surface area contributed by atoms with Gasteiger partial charge < -0.3 is 4.74 Å². The highest BCUT2D eigenvalue weighted by Gasteiger charge is 2.18. The normalized spacial score (nSPS) is 13.3. The predicted octanol–water partition coefficient (Wildman–Crippen LogP) is 4.33. The Kier molecular flexibility index (Phi) is 6.88. The Labute approximate surface area is 147 Å². The van der Waals surface area contributed by atoms with E-state index in [1.165, 1.54) is 5.56 Å². The van der Waals surface area contributed by atoms with Gasteiger partial charge in [0.25, 0.3) is 0 Å². The Morgan fingerprint density at radius 2 is 1.71 bits per heavy atom. The van der Waals surface area contributed by atoms with E-state index >= 15 is 0 Å². The lowest BCUT2D eigenvalue weighted by atomic mass is 10.1. The summed E-state index contributed by atoms with van der Waals surface area (Å²) in [6.45, 7) is 7.02. The standard InChI is InChI=1S/C20H25NO2S/c1-20(2,3)24(22)21-15-19-12-8-7-11-18(19)13-14-23-16-17-9-5-4-6-10-17/h4-12,15H,13-14,16H2,1-3H3/t24-/m0/s1. The monoisotopic (exact) mass is 343 g/mol. The number of benzene rings is 2. The highest BCUT2D eigenvalue weighted by Crippen LogP contribution is 2.14. The van der Waals surface area contributed by atoms with Gasteiger partial charge in [-0.3, -0.25) is 0 Å². The van der Waals surface area contributed by atoms with Crippen LogP contribution in [0.15, 0.2) is 59.0 Å². The summed E-state index contributed by atoms with van der Waals surface area (Å²) in [6.07, 6.45) is 2.52. The third-order valence-electron chi connectivity index (χ3n) is 3.49. The minimum atomic E-state index is -1.24. The van der Waals surface area contributed by atoms with E-state index in [0.29, 0.717) is 13.2 Å². The minimum Gasteiger partial charge on any atom is -0.376 e. The number of nitrogens with zero attached hydrogens (tertiary/aromatic N) is 1. The van der Waals surface area contributed by atoms with E-state index in [1.54, 1.807) is 6.21 Å². The van der Waals surface area contributed by atoms with Gasteiger partial charge in [0.2, 0.25) is 0 Å². The summed E-state index contributed by atoms with van der Waals surface area (Å²) in [4.78, 5) is 0. The van der Waals surface area contributed by atoms with Gasteiger partial charge in [0, 0.05) is 6.21 Å². The highest BCUT2D eigenvalue weighted by molar-refractivity contribution is 7.85. The highest BCUT2D eigenvalue weighted by atomic mass is 32.2. The summed E-state index contributed by atoms with van der Waals surface area (Å²) < 4.78 is 21.7. The van der Waals surface area contributed by atoms with Crippen LogP contribution in [-0.2, 0) is 28.8 Å². The van der Waals surface area contributed by atoms with Crippen molar-refractivity contribution in [3.63, 3.8) is 0 Å². The molecule has 4 heteroatoms. The van der Waals surface area contributed by atoms with Crippen LogP contribution >= 0.6 is 0 Å². The first-order valence-corrected chi connectivity index (χ1v) is 9.23. The van der Waals surface area contributed by atoms with Gasteiger partial charge in [0.05, 0.1) is 18.0 Å². The maximum Gasteiger partial charge on any atom is 0.144 e. The lowest BCUT2D eigenvalue weighted by Gasteiger charge is -2.13. The van der Waals surface area contributed by atoms with Crippen LogP contribution in [-0.4, -0.2) is 21.8 Å². The van der Waals surface area contributed by atoms with Crippen LogP contribution in [0.4, 0.5) is 0 Å². The van der Waals surface area contributed by atoms with Gasteiger partial charge in [-0.15, -0.1) is 0 Å². The van der Waals surface area contributed by atoms with Crippen LogP contribution in [0, 0.1) is 0 Å². The Hall–Kier alpha value is -1.78. The fourth-order valence-electron chi connectivity index (χ4n) is 2.10. The van der Waals surface area contributed by atoms with Crippen molar-refractivity contribution >= 4 is 17.2 Å². The Bertz CT molecular complexity index is 690. The molecule has 2 rings (SSSR count). The van der Waals surface area contributed by atoms with Crippen LogP contribution in [0.2, 0.25) is 0 Å². The van der Waals surface area contributed by atoms with Gasteiger partial charge in [-0.25, -0.2) is 4.21 Å². The van der Waals surface area contributed by atoms with Gasteiger partial charge >= 0.3 is 0 Å². The number of rotatable bonds is 7. The van der Waals surface area contributed by atoms with E-state index in [2.05, 4.69) is 22.6 Å². The summed E-state index contributed by atoms with van der Waals surface area (Å²) in [6, 6.07) is 18.2. The molecule has 128 valence electrons. The number of ether oxygens (including phenoxy) is 1. The predicted molar refractivity (Wildman–Crippen MR) is 102 cm³/mol. The molecule has 0 unspecified atom stereocenters. The summed E-state index contributed by atoms with van der Waals surface area (Å²) >= 11 is 0. The van der Waals surface area contributed by atoms with E-state index in [4.69, 9.17) is 4.74 Å². The molecular formula is C20H25NO2S. The molecule has 0 saturated carbocycles. The minimum absolute atomic E-state index is 0.343. The molecule has 0 spiro atoms. The molecule has 0 aliphatic rings.